The number of hydrogen-bond acceptors (Lipinski definition) is 5. The van der Waals surface area contributed by atoms with E-state index in [0.717, 1.165) is 6.07 Å². The number of halogens is 7. The van der Waals surface area contributed by atoms with Crippen LogP contribution in [0.2, 0.25) is 0 Å². The lowest BCUT2D eigenvalue weighted by Crippen LogP contribution is -2.42. The van der Waals surface area contributed by atoms with Crippen LogP contribution in [-0.4, -0.2) is 29.6 Å². The average molecular weight is 579 g/mol. The van der Waals surface area contributed by atoms with Crippen LogP contribution in [0.1, 0.15) is 28.8 Å². The Labute approximate surface area is 206 Å². The molecule has 0 spiro atoms. The molecule has 15 heteroatoms. The summed E-state index contributed by atoms with van der Waals surface area (Å²) in [4.78, 5) is 36.7. The summed E-state index contributed by atoms with van der Waals surface area (Å²) in [6.07, 6.45) is -9.64. The molecule has 3 N–H and O–H groups in total. The third-order valence-corrected chi connectivity index (χ3v) is 5.37. The maximum absolute atomic E-state index is 13.5. The van der Waals surface area contributed by atoms with Crippen molar-refractivity contribution in [3.63, 3.8) is 0 Å². The highest BCUT2D eigenvalue weighted by Gasteiger charge is 2.45. The highest BCUT2D eigenvalue weighted by atomic mass is 79.9. The minimum atomic E-state index is -5.25. The van der Waals surface area contributed by atoms with E-state index in [9.17, 15) is 40.7 Å². The molecule has 0 unspecified atom stereocenters. The predicted molar refractivity (Wildman–Crippen MR) is 115 cm³/mol. The van der Waals surface area contributed by atoms with Gasteiger partial charge in [0.15, 0.2) is 0 Å². The number of ether oxygens (including phenoxy) is 1. The third-order valence-electron chi connectivity index (χ3n) is 4.75. The normalized spacial score (nSPS) is 14.3. The molecule has 8 nitrogen and oxygen atoms in total. The van der Waals surface area contributed by atoms with Crippen molar-refractivity contribution in [2.24, 2.45) is 0 Å². The van der Waals surface area contributed by atoms with Crippen molar-refractivity contribution in [1.29, 1.82) is 5.26 Å². The number of anilines is 2. The van der Waals surface area contributed by atoms with E-state index in [2.05, 4.69) is 31.3 Å². The van der Waals surface area contributed by atoms with Gasteiger partial charge in [-0.3, -0.25) is 14.4 Å². The van der Waals surface area contributed by atoms with E-state index in [0.29, 0.717) is 18.9 Å². The molecule has 1 saturated carbocycles. The summed E-state index contributed by atoms with van der Waals surface area (Å²) in [5.41, 5.74) is -3.90. The first-order valence-electron chi connectivity index (χ1n) is 9.75. The summed E-state index contributed by atoms with van der Waals surface area (Å²) in [6, 6.07) is 7.34. The molecule has 3 rings (SSSR count). The topological polar surface area (TPSA) is 120 Å². The van der Waals surface area contributed by atoms with E-state index in [1.807, 2.05) is 11.4 Å². The van der Waals surface area contributed by atoms with E-state index in [4.69, 9.17) is 5.26 Å². The number of nitriles is 1. The zero-order valence-electron chi connectivity index (χ0n) is 17.6. The zero-order chi connectivity index (χ0) is 26.9. The fourth-order valence-corrected chi connectivity index (χ4v) is 3.44. The van der Waals surface area contributed by atoms with Crippen molar-refractivity contribution >= 4 is 45.0 Å². The monoisotopic (exact) mass is 578 g/mol. The summed E-state index contributed by atoms with van der Waals surface area (Å²) >= 11 is 2.71. The molecule has 0 heterocycles. The van der Waals surface area contributed by atoms with Crippen LogP contribution < -0.4 is 20.7 Å². The first-order valence-corrected chi connectivity index (χ1v) is 10.5. The van der Waals surface area contributed by atoms with Gasteiger partial charge in [0.05, 0.1) is 17.3 Å². The van der Waals surface area contributed by atoms with Gasteiger partial charge in [-0.15, -0.1) is 13.2 Å². The van der Waals surface area contributed by atoms with Crippen LogP contribution >= 0.6 is 15.9 Å². The number of rotatable bonds is 5. The van der Waals surface area contributed by atoms with Gasteiger partial charge in [-0.25, -0.2) is 0 Å². The molecule has 2 aromatic carbocycles. The lowest BCUT2D eigenvalue weighted by atomic mass is 10.1. The van der Waals surface area contributed by atoms with Gasteiger partial charge in [0.2, 0.25) is 0 Å². The van der Waals surface area contributed by atoms with Crippen LogP contribution in [0.15, 0.2) is 40.9 Å². The number of benzene rings is 2. The largest absolute Gasteiger partial charge is 0.573 e. The van der Waals surface area contributed by atoms with Gasteiger partial charge in [0, 0.05) is 15.7 Å². The standard InChI is InChI=1S/C21H13BrF6N4O4/c22-14-8-12(36-21(26,27)28)7-13(20(23,24)25)15(14)31-16(33)10-2-1-3-11(6-10)30-17(34)18(35)32-19(9-29)4-5-19/h1-3,6-8H,4-5H2,(H,30,34)(H,31,33)(H,32,35). The second-order valence-corrected chi connectivity index (χ2v) is 8.36. The van der Waals surface area contributed by atoms with E-state index >= 15 is 0 Å². The number of nitrogens with one attached hydrogen (secondary N) is 3. The number of alkyl halides is 6. The first kappa shape index (κ1) is 26.8. The van der Waals surface area contributed by atoms with Crippen LogP contribution in [0.4, 0.5) is 37.7 Å². The molecule has 1 aliphatic carbocycles. The van der Waals surface area contributed by atoms with Gasteiger partial charge in [0.1, 0.15) is 11.3 Å². The Morgan fingerprint density at radius 2 is 1.67 bits per heavy atom. The molecule has 0 radical (unpaired) electrons. The van der Waals surface area contributed by atoms with Crippen LogP contribution in [0.5, 0.6) is 5.75 Å². The quantitative estimate of drug-likeness (QED) is 0.350. The van der Waals surface area contributed by atoms with Crippen molar-refractivity contribution < 1.29 is 45.5 Å². The Morgan fingerprint density at radius 1 is 1.00 bits per heavy atom. The Balaban J connectivity index is 1.80. The fraction of sp³-hybridized carbons (Fsp3) is 0.238. The van der Waals surface area contributed by atoms with Crippen LogP contribution in [-0.2, 0) is 15.8 Å². The zero-order valence-corrected chi connectivity index (χ0v) is 19.2. The van der Waals surface area contributed by atoms with Crippen molar-refractivity contribution in [3.8, 4) is 11.8 Å². The fourth-order valence-electron chi connectivity index (χ4n) is 2.90. The Bertz CT molecular complexity index is 1270. The van der Waals surface area contributed by atoms with Crippen LogP contribution in [0.3, 0.4) is 0 Å². The molecule has 1 fully saturated rings. The minimum Gasteiger partial charge on any atom is -0.406 e. The van der Waals surface area contributed by atoms with Crippen molar-refractivity contribution in [2.45, 2.75) is 30.9 Å². The molecule has 190 valence electrons. The van der Waals surface area contributed by atoms with Gasteiger partial charge in [-0.1, -0.05) is 6.07 Å². The highest BCUT2D eigenvalue weighted by molar-refractivity contribution is 9.10. The summed E-state index contributed by atoms with van der Waals surface area (Å²) in [5, 5.41) is 15.4. The number of nitrogens with zero attached hydrogens (tertiary/aromatic N) is 1. The molecule has 0 aromatic heterocycles. The van der Waals surface area contributed by atoms with Gasteiger partial charge in [-0.2, -0.15) is 18.4 Å². The highest BCUT2D eigenvalue weighted by Crippen LogP contribution is 2.42. The molecule has 0 aliphatic heterocycles. The average Bonchev–Trinajstić information content (AvgIpc) is 3.53. The molecule has 2 aromatic rings. The van der Waals surface area contributed by atoms with E-state index in [1.165, 1.54) is 18.2 Å². The van der Waals surface area contributed by atoms with Crippen molar-refractivity contribution in [3.05, 3.63) is 52.0 Å². The number of carbonyl (C=O) groups is 3. The Kier molecular flexibility index (Phi) is 7.21. The van der Waals surface area contributed by atoms with Crippen LogP contribution in [0, 0.1) is 11.3 Å². The minimum absolute atomic E-state index is 0.0614. The van der Waals surface area contributed by atoms with E-state index in [1.54, 1.807) is 0 Å². The van der Waals surface area contributed by atoms with Crippen molar-refractivity contribution in [1.82, 2.24) is 5.32 Å². The first-order chi connectivity index (χ1) is 16.6. The summed E-state index contributed by atoms with van der Waals surface area (Å²) < 4.78 is 80.9. The number of amides is 3. The lowest BCUT2D eigenvalue weighted by Gasteiger charge is -2.18. The molecule has 36 heavy (non-hydrogen) atoms. The maximum atomic E-state index is 13.5. The van der Waals surface area contributed by atoms with Gasteiger partial charge in [-0.05, 0) is 59.1 Å². The second kappa shape index (κ2) is 9.69. The Hall–Kier alpha value is -3.80. The number of hydrogen-bond donors (Lipinski definition) is 3. The molecule has 0 bridgehead atoms. The second-order valence-electron chi connectivity index (χ2n) is 7.51. The van der Waals surface area contributed by atoms with E-state index in [-0.39, 0.29) is 17.3 Å². The van der Waals surface area contributed by atoms with E-state index < -0.39 is 57.3 Å². The summed E-state index contributed by atoms with van der Waals surface area (Å²) in [6.45, 7) is 0. The SMILES string of the molecule is N#CC1(NC(=O)C(=O)Nc2cccc(C(=O)Nc3c(Br)cc(OC(F)(F)F)cc3C(F)(F)F)c2)CC1. The van der Waals surface area contributed by atoms with Gasteiger partial charge >= 0.3 is 24.4 Å². The molecule has 1 aliphatic rings. The van der Waals surface area contributed by atoms with Gasteiger partial charge < -0.3 is 20.7 Å². The molecule has 0 saturated heterocycles. The third kappa shape index (κ3) is 6.66. The maximum Gasteiger partial charge on any atom is 0.573 e. The summed E-state index contributed by atoms with van der Waals surface area (Å²) in [7, 11) is 0. The van der Waals surface area contributed by atoms with Crippen molar-refractivity contribution in [2.75, 3.05) is 10.6 Å². The molecule has 3 amide bonds. The smallest absolute Gasteiger partial charge is 0.406 e. The Morgan fingerprint density at radius 3 is 2.22 bits per heavy atom. The van der Waals surface area contributed by atoms with Crippen LogP contribution in [0.25, 0.3) is 0 Å². The molecular formula is C21H13BrF6N4O4. The molecular weight excluding hydrogens is 566 g/mol. The molecule has 0 atom stereocenters. The number of carbonyl (C=O) groups excluding carboxylic acids is 3. The summed E-state index contributed by atoms with van der Waals surface area (Å²) in [5.74, 6) is -4.50. The predicted octanol–water partition coefficient (Wildman–Crippen LogP) is 4.73. The van der Waals surface area contributed by atoms with Gasteiger partial charge in [0.25, 0.3) is 5.91 Å². The lowest BCUT2D eigenvalue weighted by molar-refractivity contribution is -0.274.